The molecule has 1 aromatic carbocycles. The quantitative estimate of drug-likeness (QED) is 0.912. The number of ether oxygens (including phenoxy) is 2. The molecule has 2 saturated heterocycles. The number of nitrogens with two attached hydrogens (primary N) is 1. The van der Waals surface area contributed by atoms with Crippen molar-refractivity contribution < 1.29 is 13.9 Å². The van der Waals surface area contributed by atoms with E-state index < -0.39 is 0 Å². The first kappa shape index (κ1) is 13.8. The van der Waals surface area contributed by atoms with Crippen LogP contribution in [-0.4, -0.2) is 43.9 Å². The van der Waals surface area contributed by atoms with E-state index in [2.05, 4.69) is 4.90 Å². The van der Waals surface area contributed by atoms with Crippen molar-refractivity contribution in [3.05, 3.63) is 29.6 Å². The van der Waals surface area contributed by atoms with Crippen LogP contribution in [0.15, 0.2) is 18.2 Å². The minimum Gasteiger partial charge on any atom is -0.494 e. The maximum absolute atomic E-state index is 13.7. The normalized spacial score (nSPS) is 27.6. The number of methoxy groups -OCH3 is 1. The van der Waals surface area contributed by atoms with E-state index in [1.165, 1.54) is 13.2 Å². The number of morpholine rings is 1. The first-order chi connectivity index (χ1) is 9.65. The average molecular weight is 280 g/mol. The second kappa shape index (κ2) is 5.68. The standard InChI is InChI=1S/C15H21FN2O2/c1-19-15-5-2-10(6-13(15)16)14(17)9-18-7-11-3-4-12(8-18)20-11/h2,5-6,11-12,14H,3-4,7-9,17H2,1H3. The van der Waals surface area contributed by atoms with Gasteiger partial charge in [0.2, 0.25) is 0 Å². The molecule has 0 amide bonds. The lowest BCUT2D eigenvalue weighted by Crippen LogP contribution is -2.45. The molecule has 2 N–H and O–H groups in total. The molecule has 5 heteroatoms. The van der Waals surface area contributed by atoms with Gasteiger partial charge in [0.05, 0.1) is 19.3 Å². The molecule has 20 heavy (non-hydrogen) atoms. The van der Waals surface area contributed by atoms with Crippen LogP contribution in [0.3, 0.4) is 0 Å². The van der Waals surface area contributed by atoms with Gasteiger partial charge in [0, 0.05) is 25.7 Å². The molecule has 2 heterocycles. The first-order valence-corrected chi connectivity index (χ1v) is 7.12. The summed E-state index contributed by atoms with van der Waals surface area (Å²) in [6.07, 6.45) is 3.00. The van der Waals surface area contributed by atoms with Crippen LogP contribution >= 0.6 is 0 Å². The molecule has 1 aromatic rings. The molecule has 3 unspecified atom stereocenters. The summed E-state index contributed by atoms with van der Waals surface area (Å²) in [4.78, 5) is 2.33. The van der Waals surface area contributed by atoms with Gasteiger partial charge in [0.15, 0.2) is 11.6 Å². The Balaban J connectivity index is 1.64. The Hall–Kier alpha value is -1.17. The zero-order valence-electron chi connectivity index (χ0n) is 11.7. The topological polar surface area (TPSA) is 47.7 Å². The zero-order chi connectivity index (χ0) is 14.1. The van der Waals surface area contributed by atoms with Crippen molar-refractivity contribution in [3.8, 4) is 5.75 Å². The van der Waals surface area contributed by atoms with Crippen LogP contribution in [0, 0.1) is 5.82 Å². The van der Waals surface area contributed by atoms with Crippen molar-refractivity contribution in [3.63, 3.8) is 0 Å². The van der Waals surface area contributed by atoms with E-state index in [9.17, 15) is 4.39 Å². The van der Waals surface area contributed by atoms with E-state index in [0.717, 1.165) is 38.0 Å². The highest BCUT2D eigenvalue weighted by Gasteiger charge is 2.34. The molecular weight excluding hydrogens is 259 g/mol. The molecule has 4 nitrogen and oxygen atoms in total. The highest BCUT2D eigenvalue weighted by atomic mass is 19.1. The molecule has 0 aromatic heterocycles. The van der Waals surface area contributed by atoms with Gasteiger partial charge in [0.25, 0.3) is 0 Å². The van der Waals surface area contributed by atoms with Crippen molar-refractivity contribution in [2.75, 3.05) is 26.7 Å². The van der Waals surface area contributed by atoms with E-state index in [0.29, 0.717) is 12.2 Å². The third-order valence-corrected chi connectivity index (χ3v) is 4.18. The molecule has 110 valence electrons. The number of hydrogen-bond acceptors (Lipinski definition) is 4. The second-order valence-electron chi connectivity index (χ2n) is 5.68. The summed E-state index contributed by atoms with van der Waals surface area (Å²) in [7, 11) is 1.46. The molecule has 2 aliphatic heterocycles. The Kier molecular flexibility index (Phi) is 3.92. The summed E-state index contributed by atoms with van der Waals surface area (Å²) in [5.41, 5.74) is 7.02. The van der Waals surface area contributed by atoms with Crippen LogP contribution in [0.2, 0.25) is 0 Å². The van der Waals surface area contributed by atoms with Gasteiger partial charge >= 0.3 is 0 Å². The molecule has 0 aliphatic carbocycles. The van der Waals surface area contributed by atoms with E-state index in [1.807, 2.05) is 6.07 Å². The number of likely N-dealkylation sites (tertiary alicyclic amines) is 1. The van der Waals surface area contributed by atoms with Crippen LogP contribution in [-0.2, 0) is 4.74 Å². The number of fused-ring (bicyclic) bond motifs is 2. The minimum atomic E-state index is -0.359. The van der Waals surface area contributed by atoms with Gasteiger partial charge in [-0.3, -0.25) is 4.90 Å². The Morgan fingerprint density at radius 2 is 2.10 bits per heavy atom. The summed E-state index contributed by atoms with van der Waals surface area (Å²) in [5.74, 6) is -0.104. The van der Waals surface area contributed by atoms with Crippen LogP contribution in [0.4, 0.5) is 4.39 Å². The Morgan fingerprint density at radius 3 is 2.70 bits per heavy atom. The summed E-state index contributed by atoms with van der Waals surface area (Å²) >= 11 is 0. The van der Waals surface area contributed by atoms with Gasteiger partial charge < -0.3 is 15.2 Å². The maximum atomic E-state index is 13.7. The fourth-order valence-electron chi connectivity index (χ4n) is 3.15. The highest BCUT2D eigenvalue weighted by molar-refractivity contribution is 5.31. The summed E-state index contributed by atoms with van der Waals surface area (Å²) < 4.78 is 24.4. The van der Waals surface area contributed by atoms with Gasteiger partial charge in [-0.2, -0.15) is 0 Å². The van der Waals surface area contributed by atoms with Crippen LogP contribution in [0.25, 0.3) is 0 Å². The largest absolute Gasteiger partial charge is 0.494 e. The molecular formula is C15H21FN2O2. The third-order valence-electron chi connectivity index (χ3n) is 4.18. The highest BCUT2D eigenvalue weighted by Crippen LogP contribution is 2.28. The second-order valence-corrected chi connectivity index (χ2v) is 5.68. The third kappa shape index (κ3) is 2.80. The van der Waals surface area contributed by atoms with Crippen LogP contribution < -0.4 is 10.5 Å². The Labute approximate surface area is 118 Å². The van der Waals surface area contributed by atoms with Crippen molar-refractivity contribution in [1.29, 1.82) is 0 Å². The minimum absolute atomic E-state index is 0.187. The summed E-state index contributed by atoms with van der Waals surface area (Å²) in [5, 5.41) is 0. The van der Waals surface area contributed by atoms with E-state index in [1.54, 1.807) is 6.07 Å². The van der Waals surface area contributed by atoms with Crippen molar-refractivity contribution in [2.24, 2.45) is 5.73 Å². The zero-order valence-corrected chi connectivity index (χ0v) is 11.7. The predicted molar refractivity (Wildman–Crippen MR) is 74.2 cm³/mol. The average Bonchev–Trinajstić information content (AvgIpc) is 2.77. The number of nitrogens with zero attached hydrogens (tertiary/aromatic N) is 1. The number of benzene rings is 1. The Bertz CT molecular complexity index is 471. The molecule has 3 rings (SSSR count). The van der Waals surface area contributed by atoms with Crippen molar-refractivity contribution in [2.45, 2.75) is 31.1 Å². The molecule has 2 bridgehead atoms. The van der Waals surface area contributed by atoms with E-state index in [-0.39, 0.29) is 17.6 Å². The molecule has 0 saturated carbocycles. The van der Waals surface area contributed by atoms with Gasteiger partial charge in [-0.25, -0.2) is 4.39 Å². The van der Waals surface area contributed by atoms with Gasteiger partial charge in [-0.1, -0.05) is 6.07 Å². The lowest BCUT2D eigenvalue weighted by molar-refractivity contribution is -0.0397. The number of hydrogen-bond donors (Lipinski definition) is 1. The molecule has 2 aliphatic rings. The molecule has 3 atom stereocenters. The van der Waals surface area contributed by atoms with Crippen molar-refractivity contribution in [1.82, 2.24) is 4.90 Å². The smallest absolute Gasteiger partial charge is 0.165 e. The van der Waals surface area contributed by atoms with Crippen LogP contribution in [0.5, 0.6) is 5.75 Å². The molecule has 2 fully saturated rings. The lowest BCUT2D eigenvalue weighted by Gasteiger charge is -2.33. The monoisotopic (exact) mass is 280 g/mol. The first-order valence-electron chi connectivity index (χ1n) is 7.12. The van der Waals surface area contributed by atoms with Crippen LogP contribution in [0.1, 0.15) is 24.4 Å². The fraction of sp³-hybridized carbons (Fsp3) is 0.600. The summed E-state index contributed by atoms with van der Waals surface area (Å²) in [6, 6.07) is 4.75. The number of halogens is 1. The number of rotatable bonds is 4. The fourth-order valence-corrected chi connectivity index (χ4v) is 3.15. The maximum Gasteiger partial charge on any atom is 0.165 e. The summed E-state index contributed by atoms with van der Waals surface area (Å²) in [6.45, 7) is 2.60. The Morgan fingerprint density at radius 1 is 1.40 bits per heavy atom. The lowest BCUT2D eigenvalue weighted by atomic mass is 10.1. The van der Waals surface area contributed by atoms with Gasteiger partial charge in [0.1, 0.15) is 0 Å². The van der Waals surface area contributed by atoms with Gasteiger partial charge in [-0.15, -0.1) is 0 Å². The van der Waals surface area contributed by atoms with Crippen molar-refractivity contribution >= 4 is 0 Å². The SMILES string of the molecule is COc1ccc(C(N)CN2CC3CCC(C2)O3)cc1F. The molecule has 0 spiro atoms. The predicted octanol–water partition coefficient (Wildman–Crippen LogP) is 1.70. The van der Waals surface area contributed by atoms with E-state index >= 15 is 0 Å². The molecule has 0 radical (unpaired) electrons. The van der Waals surface area contributed by atoms with E-state index in [4.69, 9.17) is 15.2 Å². The van der Waals surface area contributed by atoms with Gasteiger partial charge in [-0.05, 0) is 30.5 Å².